The molecule has 1 aromatic rings. The molecule has 1 unspecified atom stereocenters. The Hall–Kier alpha value is -1.56. The van der Waals surface area contributed by atoms with E-state index in [2.05, 4.69) is 4.74 Å². The first-order chi connectivity index (χ1) is 8.60. The Kier molecular flexibility index (Phi) is 4.25. The molecule has 3 nitrogen and oxygen atoms in total. The molecule has 1 N–H and O–H groups in total. The van der Waals surface area contributed by atoms with Gasteiger partial charge in [-0.15, -0.1) is 0 Å². The predicted octanol–water partition coefficient (Wildman–Crippen LogP) is 3.30. The van der Waals surface area contributed by atoms with Crippen LogP contribution in [0, 0.1) is 0 Å². The van der Waals surface area contributed by atoms with E-state index in [1.54, 1.807) is 0 Å². The summed E-state index contributed by atoms with van der Waals surface area (Å²) in [6.07, 6.45) is -6.60. The van der Waals surface area contributed by atoms with E-state index >= 15 is 0 Å². The normalized spacial score (nSPS) is 14.2. The van der Waals surface area contributed by atoms with Crippen molar-refractivity contribution in [3.63, 3.8) is 0 Å². The Balaban J connectivity index is 3.24. The number of ether oxygens (including phenoxy) is 1. The van der Waals surface area contributed by atoms with Gasteiger partial charge in [-0.1, -0.05) is 24.3 Å². The summed E-state index contributed by atoms with van der Waals surface area (Å²) in [6.45, 7) is 2.87. The summed E-state index contributed by atoms with van der Waals surface area (Å²) in [6, 6.07) is 5.37. The molecule has 0 saturated heterocycles. The van der Waals surface area contributed by atoms with E-state index in [9.17, 15) is 18.0 Å². The van der Waals surface area contributed by atoms with Gasteiger partial charge >= 0.3 is 12.1 Å². The van der Waals surface area contributed by atoms with Crippen molar-refractivity contribution in [2.75, 3.05) is 7.11 Å². The topological polar surface area (TPSA) is 46.5 Å². The van der Waals surface area contributed by atoms with Gasteiger partial charge in [-0.25, -0.2) is 0 Å². The van der Waals surface area contributed by atoms with Crippen LogP contribution in [0.15, 0.2) is 24.3 Å². The smallest absolute Gasteiger partial charge is 0.418 e. The van der Waals surface area contributed by atoms with Gasteiger partial charge in [0.1, 0.15) is 0 Å². The maximum absolute atomic E-state index is 12.8. The molecule has 1 aromatic carbocycles. The van der Waals surface area contributed by atoms with Crippen molar-refractivity contribution in [1.29, 1.82) is 0 Å². The molecule has 6 heteroatoms. The van der Waals surface area contributed by atoms with E-state index in [-0.39, 0.29) is 5.56 Å². The lowest BCUT2D eigenvalue weighted by Crippen LogP contribution is -2.29. The fraction of sp³-hybridized carbons (Fsp3) is 0.462. The van der Waals surface area contributed by atoms with Gasteiger partial charge in [-0.2, -0.15) is 13.2 Å². The molecule has 1 atom stereocenters. The van der Waals surface area contributed by atoms with Crippen LogP contribution in [0.1, 0.15) is 31.1 Å². The highest BCUT2D eigenvalue weighted by Crippen LogP contribution is 2.36. The Bertz CT molecular complexity index is 466. The fourth-order valence-electron chi connectivity index (χ4n) is 1.67. The number of aliphatic carboxylic acids is 1. The van der Waals surface area contributed by atoms with Crippen LogP contribution in [0.5, 0.6) is 0 Å². The van der Waals surface area contributed by atoms with Gasteiger partial charge in [0.15, 0.2) is 6.10 Å². The van der Waals surface area contributed by atoms with Crippen molar-refractivity contribution in [2.45, 2.75) is 31.5 Å². The van der Waals surface area contributed by atoms with Crippen LogP contribution in [0.2, 0.25) is 0 Å². The molecule has 0 saturated carbocycles. The molecule has 0 aliphatic rings. The van der Waals surface area contributed by atoms with Crippen LogP contribution in [0.4, 0.5) is 13.2 Å². The summed E-state index contributed by atoms with van der Waals surface area (Å²) < 4.78 is 42.7. The second-order valence-corrected chi connectivity index (χ2v) is 4.71. The van der Waals surface area contributed by atoms with Crippen LogP contribution >= 0.6 is 0 Å². The van der Waals surface area contributed by atoms with Gasteiger partial charge in [0.05, 0.1) is 5.41 Å². The number of carboxylic acid groups (broad SMARTS) is 1. The number of rotatable bonds is 4. The highest BCUT2D eigenvalue weighted by molar-refractivity contribution is 5.80. The number of carboxylic acids is 1. The largest absolute Gasteiger partial charge is 0.481 e. The molecule has 0 fully saturated rings. The van der Waals surface area contributed by atoms with E-state index in [1.807, 2.05) is 0 Å². The Labute approximate surface area is 109 Å². The van der Waals surface area contributed by atoms with Gasteiger partial charge < -0.3 is 9.84 Å². The number of carbonyl (C=O) groups is 1. The van der Waals surface area contributed by atoms with Crippen molar-refractivity contribution < 1.29 is 27.8 Å². The van der Waals surface area contributed by atoms with Crippen LogP contribution < -0.4 is 0 Å². The van der Waals surface area contributed by atoms with Crippen LogP contribution in [-0.2, 0) is 14.9 Å². The first kappa shape index (κ1) is 15.5. The predicted molar refractivity (Wildman–Crippen MR) is 62.9 cm³/mol. The molecule has 1 rings (SSSR count). The molecule has 0 amide bonds. The fourth-order valence-corrected chi connectivity index (χ4v) is 1.67. The molecule has 0 spiro atoms. The minimum Gasteiger partial charge on any atom is -0.481 e. The third-order valence-corrected chi connectivity index (χ3v) is 2.98. The second-order valence-electron chi connectivity index (χ2n) is 4.71. The number of hydrogen-bond donors (Lipinski definition) is 1. The lowest BCUT2D eigenvalue weighted by Gasteiger charge is -2.23. The summed E-state index contributed by atoms with van der Waals surface area (Å²) >= 11 is 0. The van der Waals surface area contributed by atoms with Crippen molar-refractivity contribution in [3.05, 3.63) is 35.4 Å². The van der Waals surface area contributed by atoms with E-state index in [1.165, 1.54) is 38.1 Å². The third-order valence-electron chi connectivity index (χ3n) is 2.98. The minimum atomic E-state index is -4.54. The number of benzene rings is 1. The quantitative estimate of drug-likeness (QED) is 0.917. The zero-order chi connectivity index (χ0) is 14.8. The summed E-state index contributed by atoms with van der Waals surface area (Å²) in [4.78, 5) is 11.1. The molecular weight excluding hydrogens is 261 g/mol. The van der Waals surface area contributed by atoms with Crippen molar-refractivity contribution in [1.82, 2.24) is 0 Å². The average Bonchev–Trinajstić information content (AvgIpc) is 2.28. The van der Waals surface area contributed by atoms with E-state index in [4.69, 9.17) is 5.11 Å². The Morgan fingerprint density at radius 3 is 2.32 bits per heavy atom. The summed E-state index contributed by atoms with van der Waals surface area (Å²) in [5.41, 5.74) is -1.08. The summed E-state index contributed by atoms with van der Waals surface area (Å²) in [5, 5.41) is 9.09. The van der Waals surface area contributed by atoms with Gasteiger partial charge in [-0.3, -0.25) is 4.79 Å². The van der Waals surface area contributed by atoms with E-state index in [0.29, 0.717) is 5.56 Å². The lowest BCUT2D eigenvalue weighted by molar-refractivity contribution is -0.216. The van der Waals surface area contributed by atoms with E-state index in [0.717, 1.165) is 7.11 Å². The Morgan fingerprint density at radius 2 is 1.89 bits per heavy atom. The van der Waals surface area contributed by atoms with Crippen molar-refractivity contribution in [2.24, 2.45) is 0 Å². The molecule has 0 aliphatic carbocycles. The Morgan fingerprint density at radius 1 is 1.32 bits per heavy atom. The van der Waals surface area contributed by atoms with Gasteiger partial charge in [0.25, 0.3) is 0 Å². The number of methoxy groups -OCH3 is 1. The zero-order valence-corrected chi connectivity index (χ0v) is 10.8. The zero-order valence-electron chi connectivity index (χ0n) is 10.8. The molecular formula is C13H15F3O3. The number of alkyl halides is 3. The van der Waals surface area contributed by atoms with Gasteiger partial charge in [-0.05, 0) is 25.0 Å². The van der Waals surface area contributed by atoms with Gasteiger partial charge in [0, 0.05) is 7.11 Å². The molecule has 0 bridgehead atoms. The molecule has 0 radical (unpaired) electrons. The van der Waals surface area contributed by atoms with Crippen LogP contribution in [0.3, 0.4) is 0 Å². The molecule has 0 aliphatic heterocycles. The van der Waals surface area contributed by atoms with Crippen LogP contribution in [0.25, 0.3) is 0 Å². The summed E-state index contributed by atoms with van der Waals surface area (Å²) in [5.74, 6) is -1.11. The second kappa shape index (κ2) is 5.21. The maximum Gasteiger partial charge on any atom is 0.418 e. The maximum atomic E-state index is 12.8. The SMILES string of the molecule is COC(c1cccc(C(C)(C)C(=O)O)c1)C(F)(F)F. The number of hydrogen-bond acceptors (Lipinski definition) is 2. The standard InChI is InChI=1S/C13H15F3O3/c1-12(2,11(17)18)9-6-4-5-8(7-9)10(19-3)13(14,15)16/h4-7,10H,1-3H3,(H,17,18). The first-order valence-corrected chi connectivity index (χ1v) is 5.54. The summed E-state index contributed by atoms with van der Waals surface area (Å²) in [7, 11) is 0.965. The molecule has 106 valence electrons. The minimum absolute atomic E-state index is 0.109. The molecule has 19 heavy (non-hydrogen) atoms. The van der Waals surface area contributed by atoms with Crippen molar-refractivity contribution >= 4 is 5.97 Å². The third kappa shape index (κ3) is 3.26. The monoisotopic (exact) mass is 276 g/mol. The number of halogens is 3. The van der Waals surface area contributed by atoms with E-state index < -0.39 is 23.7 Å². The molecule has 0 aromatic heterocycles. The van der Waals surface area contributed by atoms with Crippen LogP contribution in [-0.4, -0.2) is 24.4 Å². The average molecular weight is 276 g/mol. The first-order valence-electron chi connectivity index (χ1n) is 5.54. The highest BCUT2D eigenvalue weighted by atomic mass is 19.4. The lowest BCUT2D eigenvalue weighted by atomic mass is 9.83. The highest BCUT2D eigenvalue weighted by Gasteiger charge is 2.41. The molecule has 0 heterocycles. The van der Waals surface area contributed by atoms with Gasteiger partial charge in [0.2, 0.25) is 0 Å². The van der Waals surface area contributed by atoms with Crippen molar-refractivity contribution in [3.8, 4) is 0 Å².